The summed E-state index contributed by atoms with van der Waals surface area (Å²) in [6.07, 6.45) is 9.19. The molecular formula is C18H26N4O3. The maximum atomic E-state index is 12.0. The van der Waals surface area contributed by atoms with Crippen molar-refractivity contribution < 1.29 is 14.3 Å². The molecular weight excluding hydrogens is 320 g/mol. The first-order valence-electron chi connectivity index (χ1n) is 9.14. The van der Waals surface area contributed by atoms with Crippen LogP contribution in [0.15, 0.2) is 18.3 Å². The number of nitrogens with one attached hydrogen (secondary N) is 3. The van der Waals surface area contributed by atoms with E-state index in [4.69, 9.17) is 4.74 Å². The minimum Gasteiger partial charge on any atom is -0.474 e. The van der Waals surface area contributed by atoms with E-state index in [1.54, 1.807) is 6.20 Å². The molecule has 1 unspecified atom stereocenters. The lowest BCUT2D eigenvalue weighted by atomic mass is 10.1. The molecule has 1 aliphatic heterocycles. The smallest absolute Gasteiger partial charge is 0.315 e. The number of pyridine rings is 1. The summed E-state index contributed by atoms with van der Waals surface area (Å²) in [6, 6.07) is 2.94. The second-order valence-corrected chi connectivity index (χ2v) is 6.70. The van der Waals surface area contributed by atoms with Gasteiger partial charge in [0.15, 0.2) is 0 Å². The molecule has 0 spiro atoms. The van der Waals surface area contributed by atoms with Crippen molar-refractivity contribution in [2.45, 2.75) is 63.6 Å². The topological polar surface area (TPSA) is 92.3 Å². The highest BCUT2D eigenvalue weighted by molar-refractivity contribution is 5.87. The zero-order chi connectivity index (χ0) is 17.5. The Morgan fingerprint density at radius 2 is 2.00 bits per heavy atom. The first-order chi connectivity index (χ1) is 12.2. The molecule has 3 amide bonds. The second kappa shape index (κ2) is 8.69. The second-order valence-electron chi connectivity index (χ2n) is 6.70. The maximum absolute atomic E-state index is 12.0. The first kappa shape index (κ1) is 17.5. The molecule has 7 nitrogen and oxygen atoms in total. The third kappa shape index (κ3) is 5.34. The molecule has 1 atom stereocenters. The number of rotatable bonds is 5. The van der Waals surface area contributed by atoms with Gasteiger partial charge in [0.2, 0.25) is 11.8 Å². The van der Waals surface area contributed by atoms with E-state index in [0.717, 1.165) is 31.2 Å². The van der Waals surface area contributed by atoms with Gasteiger partial charge in [-0.25, -0.2) is 9.78 Å². The fourth-order valence-corrected chi connectivity index (χ4v) is 3.23. The highest BCUT2D eigenvalue weighted by atomic mass is 16.5. The van der Waals surface area contributed by atoms with Crippen molar-refractivity contribution in [3.8, 4) is 5.88 Å². The van der Waals surface area contributed by atoms with E-state index in [1.165, 1.54) is 12.8 Å². The minimum absolute atomic E-state index is 0.109. The van der Waals surface area contributed by atoms with E-state index in [9.17, 15) is 9.59 Å². The number of carbonyl (C=O) groups excluding carboxylic acids is 2. The molecule has 0 radical (unpaired) electrons. The molecule has 2 heterocycles. The van der Waals surface area contributed by atoms with E-state index in [0.29, 0.717) is 25.4 Å². The molecule has 25 heavy (non-hydrogen) atoms. The summed E-state index contributed by atoms with van der Waals surface area (Å²) in [5, 5.41) is 8.30. The Hall–Kier alpha value is -2.31. The number of urea groups is 1. The molecule has 1 aromatic heterocycles. The molecule has 1 saturated heterocycles. The van der Waals surface area contributed by atoms with Gasteiger partial charge in [-0.05, 0) is 50.5 Å². The van der Waals surface area contributed by atoms with Crippen molar-refractivity contribution in [1.29, 1.82) is 0 Å². The van der Waals surface area contributed by atoms with E-state index in [2.05, 4.69) is 20.9 Å². The third-order valence-corrected chi connectivity index (χ3v) is 4.68. The Kier molecular flexibility index (Phi) is 6.09. The molecule has 3 rings (SSSR count). The van der Waals surface area contributed by atoms with Crippen LogP contribution in [0.4, 0.5) is 4.79 Å². The first-order valence-corrected chi connectivity index (χ1v) is 9.14. The highest BCUT2D eigenvalue weighted by Gasteiger charge is 2.22. The van der Waals surface area contributed by atoms with Gasteiger partial charge in [0.1, 0.15) is 12.1 Å². The van der Waals surface area contributed by atoms with Crippen molar-refractivity contribution in [2.24, 2.45) is 0 Å². The highest BCUT2D eigenvalue weighted by Crippen LogP contribution is 2.22. The average molecular weight is 346 g/mol. The Bertz CT molecular complexity index is 584. The molecule has 3 N–H and O–H groups in total. The van der Waals surface area contributed by atoms with Gasteiger partial charge in [-0.15, -0.1) is 0 Å². The van der Waals surface area contributed by atoms with E-state index in [1.807, 2.05) is 12.1 Å². The monoisotopic (exact) mass is 346 g/mol. The molecule has 1 aliphatic carbocycles. The number of amides is 3. The van der Waals surface area contributed by atoms with Gasteiger partial charge in [0, 0.05) is 25.4 Å². The predicted molar refractivity (Wildman–Crippen MR) is 93.1 cm³/mol. The van der Waals surface area contributed by atoms with Gasteiger partial charge in [-0.3, -0.25) is 4.79 Å². The zero-order valence-electron chi connectivity index (χ0n) is 14.4. The fraction of sp³-hybridized carbons (Fsp3) is 0.611. The molecule has 136 valence electrons. The van der Waals surface area contributed by atoms with Gasteiger partial charge in [0.25, 0.3) is 0 Å². The number of hydrogen-bond donors (Lipinski definition) is 3. The fourth-order valence-electron chi connectivity index (χ4n) is 3.23. The number of hydrogen-bond acceptors (Lipinski definition) is 4. The predicted octanol–water partition coefficient (Wildman–Crippen LogP) is 1.87. The quantitative estimate of drug-likeness (QED) is 0.759. The van der Waals surface area contributed by atoms with Gasteiger partial charge >= 0.3 is 6.03 Å². The number of ether oxygens (including phenoxy) is 1. The standard InChI is InChI=1S/C18H26N4O3/c23-17-15(7-3-4-10-19-17)22-18(24)21-12-13-8-9-16(20-11-13)25-14-5-1-2-6-14/h8-9,11,14-15H,1-7,10,12H2,(H,19,23)(H2,21,22,24). The molecule has 2 fully saturated rings. The molecule has 1 aromatic rings. The van der Waals surface area contributed by atoms with Gasteiger partial charge in [0.05, 0.1) is 0 Å². The van der Waals surface area contributed by atoms with Crippen LogP contribution >= 0.6 is 0 Å². The van der Waals surface area contributed by atoms with Crippen molar-refractivity contribution >= 4 is 11.9 Å². The lowest BCUT2D eigenvalue weighted by Gasteiger charge is -2.16. The van der Waals surface area contributed by atoms with Crippen LogP contribution < -0.4 is 20.7 Å². The van der Waals surface area contributed by atoms with Gasteiger partial charge in [-0.1, -0.05) is 6.07 Å². The van der Waals surface area contributed by atoms with Gasteiger partial charge in [-0.2, -0.15) is 0 Å². The van der Waals surface area contributed by atoms with Crippen LogP contribution in [0.3, 0.4) is 0 Å². The van der Waals surface area contributed by atoms with Crippen LogP contribution in [0.2, 0.25) is 0 Å². The molecule has 7 heteroatoms. The summed E-state index contributed by atoms with van der Waals surface area (Å²) in [4.78, 5) is 28.1. The molecule has 1 saturated carbocycles. The number of nitrogens with zero attached hydrogens (tertiary/aromatic N) is 1. The van der Waals surface area contributed by atoms with Gasteiger partial charge < -0.3 is 20.7 Å². The summed E-state index contributed by atoms with van der Waals surface area (Å²) in [5.41, 5.74) is 0.888. The van der Waals surface area contributed by atoms with Crippen molar-refractivity contribution in [3.63, 3.8) is 0 Å². The van der Waals surface area contributed by atoms with Crippen LogP contribution in [0.25, 0.3) is 0 Å². The van der Waals surface area contributed by atoms with Crippen molar-refractivity contribution in [2.75, 3.05) is 6.54 Å². The number of aromatic nitrogens is 1. The Labute approximate surface area is 147 Å². The van der Waals surface area contributed by atoms with Crippen LogP contribution in [0.1, 0.15) is 50.5 Å². The summed E-state index contributed by atoms with van der Waals surface area (Å²) in [5.74, 6) is 0.526. The third-order valence-electron chi connectivity index (χ3n) is 4.68. The Morgan fingerprint density at radius 3 is 2.76 bits per heavy atom. The van der Waals surface area contributed by atoms with Crippen LogP contribution in [0.5, 0.6) is 5.88 Å². The summed E-state index contributed by atoms with van der Waals surface area (Å²) >= 11 is 0. The average Bonchev–Trinajstić information content (AvgIpc) is 3.04. The van der Waals surface area contributed by atoms with Crippen molar-refractivity contribution in [3.05, 3.63) is 23.9 Å². The van der Waals surface area contributed by atoms with Crippen LogP contribution in [-0.4, -0.2) is 35.6 Å². The summed E-state index contributed by atoms with van der Waals surface area (Å²) in [7, 11) is 0. The lowest BCUT2D eigenvalue weighted by Crippen LogP contribution is -2.48. The molecule has 2 aliphatic rings. The normalized spacial score (nSPS) is 21.3. The SMILES string of the molecule is O=C(NCc1ccc(OC2CCCC2)nc1)NC1CCCCNC1=O. The van der Waals surface area contributed by atoms with Crippen LogP contribution in [-0.2, 0) is 11.3 Å². The Morgan fingerprint density at radius 1 is 1.20 bits per heavy atom. The van der Waals surface area contributed by atoms with E-state index >= 15 is 0 Å². The zero-order valence-corrected chi connectivity index (χ0v) is 14.4. The van der Waals surface area contributed by atoms with E-state index in [-0.39, 0.29) is 18.0 Å². The Balaban J connectivity index is 1.42. The maximum Gasteiger partial charge on any atom is 0.315 e. The number of carbonyl (C=O) groups is 2. The van der Waals surface area contributed by atoms with E-state index < -0.39 is 6.04 Å². The minimum atomic E-state index is -0.456. The van der Waals surface area contributed by atoms with Crippen LogP contribution in [0, 0.1) is 0 Å². The lowest BCUT2D eigenvalue weighted by molar-refractivity contribution is -0.122. The van der Waals surface area contributed by atoms with Crippen molar-refractivity contribution in [1.82, 2.24) is 20.9 Å². The molecule has 0 aromatic carbocycles. The summed E-state index contributed by atoms with van der Waals surface area (Å²) < 4.78 is 5.82. The molecule has 0 bridgehead atoms. The summed E-state index contributed by atoms with van der Waals surface area (Å²) in [6.45, 7) is 1.04. The largest absolute Gasteiger partial charge is 0.474 e.